The molecule has 0 saturated heterocycles. The first-order valence-electron chi connectivity index (χ1n) is 8.92. The molecule has 0 amide bonds. The first kappa shape index (κ1) is 28.3. The second kappa shape index (κ2) is 13.7. The highest BCUT2D eigenvalue weighted by atomic mass is 16.3. The minimum absolute atomic E-state index is 0. The largest absolute Gasteiger partial charge is 0.396 e. The Hall–Kier alpha value is -0.520. The smallest absolute Gasteiger partial charge is 0.0431 e. The molecule has 0 rings (SSSR count). The van der Waals surface area contributed by atoms with Gasteiger partial charge in [0.25, 0.3) is 0 Å². The van der Waals surface area contributed by atoms with Gasteiger partial charge in [0, 0.05) is 24.0 Å². The van der Waals surface area contributed by atoms with E-state index >= 15 is 0 Å². The van der Waals surface area contributed by atoms with Gasteiger partial charge >= 0.3 is 0 Å². The lowest BCUT2D eigenvalue weighted by atomic mass is 9.75. The van der Waals surface area contributed by atoms with Gasteiger partial charge in [0.1, 0.15) is 0 Å². The van der Waals surface area contributed by atoms with Gasteiger partial charge in [-0.05, 0) is 64.2 Å². The van der Waals surface area contributed by atoms with Crippen LogP contribution in [0.4, 0.5) is 0 Å². The maximum atomic E-state index is 9.15. The van der Waals surface area contributed by atoms with E-state index in [0.29, 0.717) is 11.8 Å². The predicted molar refractivity (Wildman–Crippen MR) is 109 cm³/mol. The quantitative estimate of drug-likeness (QED) is 0.484. The topological polar surface area (TPSA) is 40.5 Å². The molecule has 24 heavy (non-hydrogen) atoms. The molecule has 2 heteroatoms. The zero-order valence-electron chi connectivity index (χ0n) is 15.7. The van der Waals surface area contributed by atoms with Gasteiger partial charge in [0.15, 0.2) is 0 Å². The minimum atomic E-state index is -0.0195. The Kier molecular flexibility index (Phi) is 16.2. The van der Waals surface area contributed by atoms with E-state index in [1.807, 2.05) is 0 Å². The maximum absolute atomic E-state index is 9.15. The van der Waals surface area contributed by atoms with Crippen LogP contribution >= 0.6 is 0 Å². The summed E-state index contributed by atoms with van der Waals surface area (Å²) in [7, 11) is 0. The van der Waals surface area contributed by atoms with E-state index in [1.165, 1.54) is 0 Å². The van der Waals surface area contributed by atoms with Crippen LogP contribution in [-0.2, 0) is 0 Å². The van der Waals surface area contributed by atoms with E-state index in [4.69, 9.17) is 10.2 Å². The minimum Gasteiger partial charge on any atom is -0.396 e. The van der Waals surface area contributed by atoms with E-state index < -0.39 is 0 Å². The molecule has 0 aliphatic heterocycles. The summed E-state index contributed by atoms with van der Waals surface area (Å²) in [6.45, 7) is 13.9. The van der Waals surface area contributed by atoms with Crippen LogP contribution < -0.4 is 0 Å². The molecule has 0 spiro atoms. The third kappa shape index (κ3) is 12.8. The maximum Gasteiger partial charge on any atom is 0.0431 e. The Morgan fingerprint density at radius 1 is 0.708 bits per heavy atom. The molecule has 2 unspecified atom stereocenters. The van der Waals surface area contributed by atoms with Crippen LogP contribution in [0.1, 0.15) is 94.9 Å². The molecular formula is C22H46O2. The van der Waals surface area contributed by atoms with E-state index in [2.05, 4.69) is 53.4 Å². The van der Waals surface area contributed by atoms with Crippen LogP contribution in [0.25, 0.3) is 0 Å². The Labute approximate surface area is 153 Å². The number of aliphatic hydroxyl groups is 2. The monoisotopic (exact) mass is 342 g/mol. The van der Waals surface area contributed by atoms with Gasteiger partial charge in [0.05, 0.1) is 0 Å². The standard InChI is InChI=1S/C20H38O2.2CH4/c1-17(2)15-19(5,9-7-13-21)11-12-20(6,10-8-14-22)16-18(3)4;;/h17-18,21-22H,7-10,13-16H2,1-6H3;2*1H4. The zero-order valence-corrected chi connectivity index (χ0v) is 15.7. The van der Waals surface area contributed by atoms with Crippen molar-refractivity contribution in [2.75, 3.05) is 13.2 Å². The van der Waals surface area contributed by atoms with Crippen molar-refractivity contribution >= 4 is 0 Å². The van der Waals surface area contributed by atoms with Crippen molar-refractivity contribution in [2.45, 2.75) is 94.9 Å². The molecule has 0 bridgehead atoms. The van der Waals surface area contributed by atoms with Gasteiger partial charge < -0.3 is 10.2 Å². The molecular weight excluding hydrogens is 296 g/mol. The molecule has 0 heterocycles. The second-order valence-corrected chi connectivity index (χ2v) is 8.22. The molecule has 0 aromatic carbocycles. The van der Waals surface area contributed by atoms with Crippen molar-refractivity contribution in [3.63, 3.8) is 0 Å². The molecule has 2 nitrogen and oxygen atoms in total. The summed E-state index contributed by atoms with van der Waals surface area (Å²) in [6, 6.07) is 0. The van der Waals surface area contributed by atoms with Gasteiger partial charge in [-0.15, -0.1) is 0 Å². The van der Waals surface area contributed by atoms with Gasteiger partial charge in [-0.3, -0.25) is 0 Å². The van der Waals surface area contributed by atoms with Crippen LogP contribution in [0.15, 0.2) is 0 Å². The van der Waals surface area contributed by atoms with Crippen LogP contribution in [0, 0.1) is 34.5 Å². The number of hydrogen-bond donors (Lipinski definition) is 2. The fraction of sp³-hybridized carbons (Fsp3) is 0.909. The van der Waals surface area contributed by atoms with Crippen LogP contribution in [0.5, 0.6) is 0 Å². The Balaban J connectivity index is -0.00000220. The van der Waals surface area contributed by atoms with Crippen molar-refractivity contribution in [1.29, 1.82) is 0 Å². The summed E-state index contributed by atoms with van der Waals surface area (Å²) in [6.07, 6.45) is 5.67. The normalized spacial score (nSPS) is 15.6. The number of aliphatic hydroxyl groups excluding tert-OH is 2. The average Bonchev–Trinajstić information content (AvgIpc) is 2.40. The highest BCUT2D eigenvalue weighted by molar-refractivity contribution is 5.17. The summed E-state index contributed by atoms with van der Waals surface area (Å²) < 4.78 is 0. The molecule has 0 aromatic heterocycles. The lowest BCUT2D eigenvalue weighted by molar-refractivity contribution is 0.237. The predicted octanol–water partition coefficient (Wildman–Crippen LogP) is 5.91. The lowest BCUT2D eigenvalue weighted by Crippen LogP contribution is -2.21. The van der Waals surface area contributed by atoms with Crippen LogP contribution in [0.2, 0.25) is 0 Å². The van der Waals surface area contributed by atoms with Crippen molar-refractivity contribution < 1.29 is 10.2 Å². The van der Waals surface area contributed by atoms with E-state index in [0.717, 1.165) is 38.5 Å². The van der Waals surface area contributed by atoms with E-state index in [-0.39, 0.29) is 38.9 Å². The molecule has 0 radical (unpaired) electrons. The van der Waals surface area contributed by atoms with Gasteiger partial charge in [-0.2, -0.15) is 0 Å². The van der Waals surface area contributed by atoms with E-state index in [1.54, 1.807) is 0 Å². The summed E-state index contributed by atoms with van der Waals surface area (Å²) in [4.78, 5) is 0. The first-order valence-corrected chi connectivity index (χ1v) is 8.92. The average molecular weight is 343 g/mol. The van der Waals surface area contributed by atoms with Gasteiger partial charge in [-0.25, -0.2) is 0 Å². The number of hydrogen-bond acceptors (Lipinski definition) is 2. The third-order valence-electron chi connectivity index (χ3n) is 4.16. The highest BCUT2D eigenvalue weighted by Crippen LogP contribution is 2.34. The Bertz CT molecular complexity index is 319. The Morgan fingerprint density at radius 3 is 1.21 bits per heavy atom. The highest BCUT2D eigenvalue weighted by Gasteiger charge is 2.26. The van der Waals surface area contributed by atoms with Crippen molar-refractivity contribution in [1.82, 2.24) is 0 Å². The molecule has 2 atom stereocenters. The van der Waals surface area contributed by atoms with Crippen LogP contribution in [-0.4, -0.2) is 23.4 Å². The molecule has 0 aliphatic rings. The second-order valence-electron chi connectivity index (χ2n) is 8.22. The molecule has 0 saturated carbocycles. The molecule has 0 aliphatic carbocycles. The first-order chi connectivity index (χ1) is 10.2. The van der Waals surface area contributed by atoms with Crippen LogP contribution in [0.3, 0.4) is 0 Å². The summed E-state index contributed by atoms with van der Waals surface area (Å²) in [5.74, 6) is 8.36. The Morgan fingerprint density at radius 2 is 1.00 bits per heavy atom. The molecule has 2 N–H and O–H groups in total. The number of rotatable bonds is 10. The van der Waals surface area contributed by atoms with Gasteiger partial charge in [-0.1, -0.05) is 54.4 Å². The van der Waals surface area contributed by atoms with Gasteiger partial charge in [0.2, 0.25) is 0 Å². The fourth-order valence-corrected chi connectivity index (χ4v) is 3.47. The summed E-state index contributed by atoms with van der Waals surface area (Å²) >= 11 is 0. The SMILES string of the molecule is C.C.CC(C)CC(C)(C#CC(C)(CCCO)CC(C)C)CCCO. The zero-order chi connectivity index (χ0) is 17.2. The van der Waals surface area contributed by atoms with E-state index in [9.17, 15) is 0 Å². The summed E-state index contributed by atoms with van der Waals surface area (Å²) in [5, 5.41) is 18.3. The molecule has 146 valence electrons. The fourth-order valence-electron chi connectivity index (χ4n) is 3.47. The molecule has 0 aromatic rings. The van der Waals surface area contributed by atoms with Crippen molar-refractivity contribution in [3.05, 3.63) is 0 Å². The van der Waals surface area contributed by atoms with Crippen molar-refractivity contribution in [3.8, 4) is 11.8 Å². The molecule has 0 fully saturated rings. The lowest BCUT2D eigenvalue weighted by Gasteiger charge is -2.29. The van der Waals surface area contributed by atoms with Crippen molar-refractivity contribution in [2.24, 2.45) is 22.7 Å². The summed E-state index contributed by atoms with van der Waals surface area (Å²) in [5.41, 5.74) is -0.0390. The third-order valence-corrected chi connectivity index (χ3v) is 4.16.